The Morgan fingerprint density at radius 2 is 1.06 bits per heavy atom. The van der Waals surface area contributed by atoms with E-state index in [4.69, 9.17) is 9.47 Å². The molecule has 0 fully saturated rings. The molecule has 0 bridgehead atoms. The van der Waals surface area contributed by atoms with Crippen molar-refractivity contribution in [3.8, 4) is 23.0 Å². The minimum absolute atomic E-state index is 0.000906. The molecule has 0 atom stereocenters. The van der Waals surface area contributed by atoms with Gasteiger partial charge in [-0.15, -0.1) is 11.3 Å². The first-order valence-corrected chi connectivity index (χ1v) is 21.7. The molecule has 0 radical (unpaired) electrons. The van der Waals surface area contributed by atoms with Crippen molar-refractivity contribution < 1.29 is 37.0 Å². The number of carbonyl (C=O) groups is 3. The Morgan fingerprint density at radius 1 is 0.567 bits per heavy atom. The quantitative estimate of drug-likeness (QED) is 0.0965. The maximum absolute atomic E-state index is 13.6. The lowest BCUT2D eigenvalue weighted by atomic mass is 9.86. The first-order chi connectivity index (χ1) is 31.9. The molecule has 67 heavy (non-hydrogen) atoms. The van der Waals surface area contributed by atoms with Crippen LogP contribution in [0.4, 0.5) is 51.2 Å². The van der Waals surface area contributed by atoms with Crippen LogP contribution < -0.4 is 36.1 Å². The van der Waals surface area contributed by atoms with Gasteiger partial charge in [-0.1, -0.05) is 81.4 Å². The number of urea groups is 2. The van der Waals surface area contributed by atoms with E-state index >= 15 is 0 Å². The summed E-state index contributed by atoms with van der Waals surface area (Å²) in [6.45, 7) is 11.1. The van der Waals surface area contributed by atoms with Crippen molar-refractivity contribution in [1.29, 1.82) is 0 Å². The van der Waals surface area contributed by atoms with Gasteiger partial charge in [0.15, 0.2) is 0 Å². The molecule has 16 heteroatoms. The maximum atomic E-state index is 13.6. The Morgan fingerprint density at radius 3 is 1.52 bits per heavy atom. The molecule has 0 saturated carbocycles. The fourth-order valence-corrected chi connectivity index (χ4v) is 7.90. The average molecular weight is 926 g/mol. The van der Waals surface area contributed by atoms with Crippen LogP contribution in [0.15, 0.2) is 140 Å². The van der Waals surface area contributed by atoms with Crippen molar-refractivity contribution in [1.82, 2.24) is 9.97 Å². The van der Waals surface area contributed by atoms with Crippen molar-refractivity contribution in [3.05, 3.63) is 161 Å². The highest BCUT2D eigenvalue weighted by Gasteiger charge is 2.39. The number of aryl methyl sites for hydroxylation is 2. The van der Waals surface area contributed by atoms with Crippen molar-refractivity contribution in [2.45, 2.75) is 53.1 Å². The number of carbonyl (C=O) groups excluding carboxylic acids is 3. The number of hydrogen-bond acceptors (Lipinski definition) is 8. The number of aromatic nitrogens is 2. The fraction of sp³-hybridized carbons (Fsp3) is 0.157. The summed E-state index contributed by atoms with van der Waals surface area (Å²) < 4.78 is 52.7. The molecule has 0 saturated heterocycles. The number of fused-ring (bicyclic) bond motifs is 2. The first-order valence-electron chi connectivity index (χ1n) is 20.9. The monoisotopic (exact) mass is 925 g/mol. The molecule has 3 aromatic heterocycles. The zero-order chi connectivity index (χ0) is 47.9. The van der Waals surface area contributed by atoms with Crippen molar-refractivity contribution in [3.63, 3.8) is 0 Å². The van der Waals surface area contributed by atoms with Crippen LogP contribution in [0.5, 0.6) is 23.0 Å². The largest absolute Gasteiger partial charge is 0.455 e. The average Bonchev–Trinajstić information content (AvgIpc) is 3.60. The predicted molar refractivity (Wildman–Crippen MR) is 260 cm³/mol. The zero-order valence-electron chi connectivity index (χ0n) is 37.3. The summed E-state index contributed by atoms with van der Waals surface area (Å²) in [5.74, 6) is 1.84. The summed E-state index contributed by atoms with van der Waals surface area (Å²) in [5.41, 5.74) is 3.46. The topological polar surface area (TPSA) is 156 Å². The van der Waals surface area contributed by atoms with Crippen LogP contribution in [0, 0.1) is 13.8 Å². The number of thiophene rings is 1. The number of rotatable bonds is 9. The number of alkyl halides is 3. The molecule has 0 aliphatic rings. The smallest absolute Gasteiger partial charge is 0.427 e. The van der Waals surface area contributed by atoms with Gasteiger partial charge in [0.1, 0.15) is 27.9 Å². The molecule has 342 valence electrons. The van der Waals surface area contributed by atoms with E-state index < -0.39 is 28.7 Å². The molecule has 5 amide bonds. The lowest BCUT2D eigenvalue weighted by molar-refractivity contribution is -0.133. The van der Waals surface area contributed by atoms with Gasteiger partial charge in [0, 0.05) is 51.4 Å². The van der Waals surface area contributed by atoms with Crippen LogP contribution in [0.1, 0.15) is 48.6 Å². The molecule has 0 aliphatic heterocycles. The second-order valence-electron chi connectivity index (χ2n) is 16.2. The van der Waals surface area contributed by atoms with Gasteiger partial charge < -0.3 is 36.1 Å². The number of anilines is 5. The Balaban J connectivity index is 0.000000200. The molecule has 0 spiro atoms. The Kier molecular flexibility index (Phi) is 14.1. The number of nitrogens with one attached hydrogen (secondary N) is 5. The van der Waals surface area contributed by atoms with Gasteiger partial charge in [-0.3, -0.25) is 14.8 Å². The van der Waals surface area contributed by atoms with Crippen LogP contribution in [-0.2, 0) is 16.4 Å². The van der Waals surface area contributed by atoms with E-state index in [1.807, 2.05) is 67.6 Å². The molecular formula is C51H46F3N7O5S. The highest BCUT2D eigenvalue weighted by molar-refractivity contribution is 7.13. The van der Waals surface area contributed by atoms with Crippen LogP contribution in [0.3, 0.4) is 0 Å². The van der Waals surface area contributed by atoms with Crippen molar-refractivity contribution in [2.75, 3.05) is 26.6 Å². The molecule has 5 aromatic carbocycles. The van der Waals surface area contributed by atoms with Crippen LogP contribution >= 0.6 is 11.3 Å². The van der Waals surface area contributed by atoms with Gasteiger partial charge in [-0.05, 0) is 85.0 Å². The van der Waals surface area contributed by atoms with E-state index in [1.165, 1.54) is 19.4 Å². The molecular weight excluding hydrogens is 880 g/mol. The standard InChI is InChI=1S/C27H27N3O2.C24H19F3N4O3S/c1-18-11-12-19(27(2,3)4)16-24(18)30-26(31)29-23-13-14-25(22-10-6-5-9-21(22)23)32-20-8-7-15-28-17-20;1-13-20(29-14(2)32)21(22(35-13)24(25,26)27)31-23(33)30-18-9-10-19(17-8-4-3-7-16(17)18)34-15-6-5-11-28-12-15/h5-17H,1-4H3,(H2,29,30,31);3-12H,1-2H3,(H,29,32)(H2,30,31,33). The van der Waals surface area contributed by atoms with Gasteiger partial charge in [-0.25, -0.2) is 9.59 Å². The number of halogens is 3. The molecule has 8 rings (SSSR count). The van der Waals surface area contributed by atoms with Crippen LogP contribution in [-0.4, -0.2) is 27.9 Å². The van der Waals surface area contributed by atoms with Gasteiger partial charge in [0.2, 0.25) is 5.91 Å². The minimum Gasteiger partial charge on any atom is -0.455 e. The fourth-order valence-electron chi connectivity index (χ4n) is 6.96. The van der Waals surface area contributed by atoms with Gasteiger partial charge in [-0.2, -0.15) is 13.2 Å². The zero-order valence-corrected chi connectivity index (χ0v) is 38.1. The van der Waals surface area contributed by atoms with Gasteiger partial charge >= 0.3 is 18.2 Å². The Bertz CT molecular complexity index is 3080. The summed E-state index contributed by atoms with van der Waals surface area (Å²) in [7, 11) is 0. The number of amides is 5. The molecule has 8 aromatic rings. The number of hydrogen-bond donors (Lipinski definition) is 5. The van der Waals surface area contributed by atoms with E-state index in [2.05, 4.69) is 63.4 Å². The Hall–Kier alpha value is -7.98. The lowest BCUT2D eigenvalue weighted by Gasteiger charge is -2.21. The third-order valence-electron chi connectivity index (χ3n) is 10.2. The van der Waals surface area contributed by atoms with Crippen molar-refractivity contribution >= 4 is 79.3 Å². The second-order valence-corrected chi connectivity index (χ2v) is 17.5. The minimum atomic E-state index is -4.72. The van der Waals surface area contributed by atoms with Crippen LogP contribution in [0.2, 0.25) is 0 Å². The SMILES string of the molecule is CC(=O)Nc1c(C)sc(C(F)(F)F)c1NC(=O)Nc1ccc(Oc2cccnc2)c2ccccc12.Cc1ccc(C(C)(C)C)cc1NC(=O)Nc1ccc(Oc2cccnc2)c2ccccc12. The maximum Gasteiger partial charge on any atom is 0.427 e. The third kappa shape index (κ3) is 11.6. The van der Waals surface area contributed by atoms with Gasteiger partial charge in [0.25, 0.3) is 0 Å². The summed E-state index contributed by atoms with van der Waals surface area (Å²) in [4.78, 5) is 44.5. The van der Waals surface area contributed by atoms with Crippen LogP contribution in [0.25, 0.3) is 21.5 Å². The summed E-state index contributed by atoms with van der Waals surface area (Å²) >= 11 is 0.440. The molecule has 5 N–H and O–H groups in total. The highest BCUT2D eigenvalue weighted by Crippen LogP contribution is 2.47. The third-order valence-corrected chi connectivity index (χ3v) is 11.4. The lowest BCUT2D eigenvalue weighted by Crippen LogP contribution is -2.22. The van der Waals surface area contributed by atoms with Crippen molar-refractivity contribution in [2.24, 2.45) is 0 Å². The van der Waals surface area contributed by atoms with E-state index in [9.17, 15) is 27.6 Å². The molecule has 0 aliphatic carbocycles. The Labute approximate surface area is 388 Å². The van der Waals surface area contributed by atoms with E-state index in [-0.39, 0.29) is 22.0 Å². The number of ether oxygens (including phenoxy) is 2. The molecule has 0 unspecified atom stereocenters. The van der Waals surface area contributed by atoms with E-state index in [0.29, 0.717) is 56.5 Å². The molecule has 12 nitrogen and oxygen atoms in total. The second kappa shape index (κ2) is 20.0. The number of benzene rings is 5. The summed E-state index contributed by atoms with van der Waals surface area (Å²) in [6.07, 6.45) is 1.83. The molecule has 3 heterocycles. The number of pyridine rings is 2. The predicted octanol–water partition coefficient (Wildman–Crippen LogP) is 14.3. The summed E-state index contributed by atoms with van der Waals surface area (Å²) in [5, 5.41) is 16.3. The summed E-state index contributed by atoms with van der Waals surface area (Å²) in [6, 6.07) is 34.0. The highest BCUT2D eigenvalue weighted by atomic mass is 32.1. The first kappa shape index (κ1) is 47.0. The normalized spacial score (nSPS) is 11.2. The van der Waals surface area contributed by atoms with Gasteiger partial charge in [0.05, 0.1) is 35.1 Å². The number of nitrogens with zero attached hydrogens (tertiary/aromatic N) is 2. The van der Waals surface area contributed by atoms with E-state index in [0.717, 1.165) is 22.0 Å². The van der Waals surface area contributed by atoms with E-state index in [1.54, 1.807) is 73.3 Å².